The Bertz CT molecular complexity index is 360. The highest BCUT2D eigenvalue weighted by atomic mass is 16.3. The highest BCUT2D eigenvalue weighted by molar-refractivity contribution is 5.31. The van der Waals surface area contributed by atoms with Gasteiger partial charge in [-0.05, 0) is 13.3 Å². The normalized spacial score (nSPS) is 14.6. The molecule has 0 aliphatic carbocycles. The van der Waals surface area contributed by atoms with E-state index in [2.05, 4.69) is 15.3 Å². The number of hydrogen-bond acceptors (Lipinski definition) is 4. The minimum Gasteiger partial charge on any atom is -0.388 e. The molecule has 0 radical (unpaired) electrons. The molecule has 1 atom stereocenters. The number of rotatable bonds is 5. The lowest BCUT2D eigenvalue weighted by Gasteiger charge is -2.22. The van der Waals surface area contributed by atoms with Gasteiger partial charge in [-0.3, -0.25) is 4.79 Å². The number of nitrogens with one attached hydrogen (secondary N) is 2. The second kappa shape index (κ2) is 4.93. The summed E-state index contributed by atoms with van der Waals surface area (Å²) in [6.45, 7) is 4.16. The van der Waals surface area contributed by atoms with Crippen LogP contribution >= 0.6 is 0 Å². The molecule has 0 aliphatic heterocycles. The van der Waals surface area contributed by atoms with E-state index >= 15 is 0 Å². The first-order chi connectivity index (χ1) is 7.03. The Morgan fingerprint density at radius 1 is 1.67 bits per heavy atom. The standard InChI is InChI=1S/C10H17N3O2/c1-3-4-10(2,15)6-11-8-5-9(14)13-7-12-8/h5,7,15H,3-4,6H2,1-2H3,(H2,11,12,13,14). The average molecular weight is 211 g/mol. The van der Waals surface area contributed by atoms with Crippen LogP contribution in [0.3, 0.4) is 0 Å². The second-order valence-corrected chi connectivity index (χ2v) is 3.90. The third-order valence-corrected chi connectivity index (χ3v) is 2.12. The van der Waals surface area contributed by atoms with Crippen LogP contribution in [-0.2, 0) is 0 Å². The first-order valence-corrected chi connectivity index (χ1v) is 5.04. The zero-order chi connectivity index (χ0) is 11.3. The van der Waals surface area contributed by atoms with Gasteiger partial charge in [0.15, 0.2) is 0 Å². The zero-order valence-electron chi connectivity index (χ0n) is 9.08. The van der Waals surface area contributed by atoms with E-state index in [4.69, 9.17) is 0 Å². The Hall–Kier alpha value is -1.36. The Labute approximate surface area is 88.6 Å². The fourth-order valence-electron chi connectivity index (χ4n) is 1.37. The van der Waals surface area contributed by atoms with Gasteiger partial charge in [0.05, 0.1) is 11.9 Å². The van der Waals surface area contributed by atoms with Crippen molar-refractivity contribution < 1.29 is 5.11 Å². The second-order valence-electron chi connectivity index (χ2n) is 3.90. The van der Waals surface area contributed by atoms with Crippen LogP contribution in [0.25, 0.3) is 0 Å². The maximum atomic E-state index is 10.9. The fraction of sp³-hybridized carbons (Fsp3) is 0.600. The van der Waals surface area contributed by atoms with Crippen LogP contribution in [0, 0.1) is 0 Å². The lowest BCUT2D eigenvalue weighted by molar-refractivity contribution is 0.0636. The predicted molar refractivity (Wildman–Crippen MR) is 58.9 cm³/mol. The molecule has 84 valence electrons. The topological polar surface area (TPSA) is 78.0 Å². The van der Waals surface area contributed by atoms with Gasteiger partial charge in [0.25, 0.3) is 5.56 Å². The van der Waals surface area contributed by atoms with Crippen molar-refractivity contribution in [1.29, 1.82) is 0 Å². The summed E-state index contributed by atoms with van der Waals surface area (Å²) >= 11 is 0. The van der Waals surface area contributed by atoms with Crippen molar-refractivity contribution in [2.75, 3.05) is 11.9 Å². The Morgan fingerprint density at radius 2 is 2.40 bits per heavy atom. The molecule has 5 nitrogen and oxygen atoms in total. The number of H-pyrrole nitrogens is 1. The number of aliphatic hydroxyl groups is 1. The van der Waals surface area contributed by atoms with Crippen LogP contribution in [0.2, 0.25) is 0 Å². The van der Waals surface area contributed by atoms with E-state index in [1.807, 2.05) is 6.92 Å². The molecule has 0 saturated heterocycles. The van der Waals surface area contributed by atoms with Crippen molar-refractivity contribution in [3.8, 4) is 0 Å². The molecule has 0 aliphatic rings. The van der Waals surface area contributed by atoms with Crippen molar-refractivity contribution in [3.05, 3.63) is 22.7 Å². The average Bonchev–Trinajstić information content (AvgIpc) is 2.15. The van der Waals surface area contributed by atoms with Gasteiger partial charge < -0.3 is 15.4 Å². The molecule has 1 aromatic rings. The van der Waals surface area contributed by atoms with Crippen LogP contribution in [0.5, 0.6) is 0 Å². The smallest absolute Gasteiger partial charge is 0.252 e. The van der Waals surface area contributed by atoms with E-state index < -0.39 is 5.60 Å². The minimum absolute atomic E-state index is 0.206. The summed E-state index contributed by atoms with van der Waals surface area (Å²) in [7, 11) is 0. The summed E-state index contributed by atoms with van der Waals surface area (Å²) < 4.78 is 0. The number of aromatic nitrogens is 2. The quantitative estimate of drug-likeness (QED) is 0.671. The van der Waals surface area contributed by atoms with Crippen molar-refractivity contribution >= 4 is 5.82 Å². The Morgan fingerprint density at radius 3 is 3.00 bits per heavy atom. The summed E-state index contributed by atoms with van der Waals surface area (Å²) in [6, 6.07) is 1.36. The molecule has 1 unspecified atom stereocenters. The largest absolute Gasteiger partial charge is 0.388 e. The highest BCUT2D eigenvalue weighted by Gasteiger charge is 2.18. The molecule has 0 saturated carbocycles. The lowest BCUT2D eigenvalue weighted by atomic mass is 10.0. The molecule has 3 N–H and O–H groups in total. The van der Waals surface area contributed by atoms with Crippen molar-refractivity contribution in [1.82, 2.24) is 9.97 Å². The maximum Gasteiger partial charge on any atom is 0.252 e. The summed E-state index contributed by atoms with van der Waals surface area (Å²) in [4.78, 5) is 17.3. The first-order valence-electron chi connectivity index (χ1n) is 5.04. The van der Waals surface area contributed by atoms with Crippen molar-refractivity contribution in [3.63, 3.8) is 0 Å². The van der Waals surface area contributed by atoms with E-state index in [9.17, 15) is 9.90 Å². The van der Waals surface area contributed by atoms with Gasteiger partial charge in [0.1, 0.15) is 5.82 Å². The molecular weight excluding hydrogens is 194 g/mol. The third kappa shape index (κ3) is 4.12. The SMILES string of the molecule is CCCC(C)(O)CNc1cc(=O)[nH]cn1. The van der Waals surface area contributed by atoms with Gasteiger partial charge in [0.2, 0.25) is 0 Å². The summed E-state index contributed by atoms with van der Waals surface area (Å²) in [5, 5.41) is 12.8. The van der Waals surface area contributed by atoms with Gasteiger partial charge in [-0.1, -0.05) is 13.3 Å². The molecule has 1 aromatic heterocycles. The number of anilines is 1. The molecule has 1 rings (SSSR count). The zero-order valence-corrected chi connectivity index (χ0v) is 9.08. The van der Waals surface area contributed by atoms with E-state index in [0.29, 0.717) is 18.8 Å². The molecule has 0 fully saturated rings. The van der Waals surface area contributed by atoms with E-state index in [0.717, 1.165) is 6.42 Å². The molecule has 1 heterocycles. The van der Waals surface area contributed by atoms with Crippen LogP contribution in [0.15, 0.2) is 17.2 Å². The molecule has 15 heavy (non-hydrogen) atoms. The van der Waals surface area contributed by atoms with Gasteiger partial charge >= 0.3 is 0 Å². The minimum atomic E-state index is -0.765. The third-order valence-electron chi connectivity index (χ3n) is 2.12. The van der Waals surface area contributed by atoms with E-state index in [1.165, 1.54) is 12.4 Å². The van der Waals surface area contributed by atoms with Gasteiger partial charge in [-0.15, -0.1) is 0 Å². The van der Waals surface area contributed by atoms with Crippen molar-refractivity contribution in [2.45, 2.75) is 32.3 Å². The molecule has 0 bridgehead atoms. The first kappa shape index (κ1) is 11.7. The van der Waals surface area contributed by atoms with E-state index in [1.54, 1.807) is 6.92 Å². The molecule has 0 aromatic carbocycles. The summed E-state index contributed by atoms with van der Waals surface area (Å²) in [5.74, 6) is 0.482. The fourth-order valence-corrected chi connectivity index (χ4v) is 1.37. The van der Waals surface area contributed by atoms with Crippen LogP contribution in [-0.4, -0.2) is 27.2 Å². The summed E-state index contributed by atoms with van der Waals surface area (Å²) in [5.41, 5.74) is -0.971. The number of aromatic amines is 1. The van der Waals surface area contributed by atoms with Crippen LogP contribution in [0.4, 0.5) is 5.82 Å². The Kier molecular flexibility index (Phi) is 3.85. The van der Waals surface area contributed by atoms with Crippen molar-refractivity contribution in [2.24, 2.45) is 0 Å². The molecule has 0 amide bonds. The van der Waals surface area contributed by atoms with Gasteiger partial charge in [-0.2, -0.15) is 0 Å². The molecular formula is C10H17N3O2. The molecule has 0 spiro atoms. The molecule has 5 heteroatoms. The monoisotopic (exact) mass is 211 g/mol. The summed E-state index contributed by atoms with van der Waals surface area (Å²) in [6.07, 6.45) is 2.96. The highest BCUT2D eigenvalue weighted by Crippen LogP contribution is 2.12. The Balaban J connectivity index is 2.53. The van der Waals surface area contributed by atoms with E-state index in [-0.39, 0.29) is 5.56 Å². The predicted octanol–water partition coefficient (Wildman–Crippen LogP) is 0.733. The van der Waals surface area contributed by atoms with Gasteiger partial charge in [0, 0.05) is 12.6 Å². The van der Waals surface area contributed by atoms with Crippen LogP contribution < -0.4 is 10.9 Å². The number of hydrogen-bond donors (Lipinski definition) is 3. The lowest BCUT2D eigenvalue weighted by Crippen LogP contribution is -2.33. The maximum absolute atomic E-state index is 10.9. The van der Waals surface area contributed by atoms with Crippen LogP contribution in [0.1, 0.15) is 26.7 Å². The number of nitrogens with zero attached hydrogens (tertiary/aromatic N) is 1. The van der Waals surface area contributed by atoms with Gasteiger partial charge in [-0.25, -0.2) is 4.98 Å².